The van der Waals surface area contributed by atoms with Crippen molar-refractivity contribution < 1.29 is 13.5 Å². The predicted molar refractivity (Wildman–Crippen MR) is 83.8 cm³/mol. The maximum atomic E-state index is 11.9. The van der Waals surface area contributed by atoms with Crippen molar-refractivity contribution in [3.05, 3.63) is 18.2 Å². The summed E-state index contributed by atoms with van der Waals surface area (Å²) >= 11 is 0. The Labute approximate surface area is 126 Å². The van der Waals surface area contributed by atoms with Crippen LogP contribution in [-0.4, -0.2) is 39.8 Å². The topological polar surface area (TPSA) is 95.7 Å². The number of aliphatic hydroxyl groups excluding tert-OH is 1. The van der Waals surface area contributed by atoms with Crippen molar-refractivity contribution in [1.82, 2.24) is 4.72 Å². The first-order valence-electron chi connectivity index (χ1n) is 7.20. The van der Waals surface area contributed by atoms with Crippen molar-refractivity contribution >= 4 is 21.4 Å². The first-order chi connectivity index (χ1) is 9.99. The van der Waals surface area contributed by atoms with Gasteiger partial charge in [-0.25, -0.2) is 13.1 Å². The summed E-state index contributed by atoms with van der Waals surface area (Å²) in [5.74, 6) is 0. The highest BCUT2D eigenvalue weighted by molar-refractivity contribution is 7.89. The van der Waals surface area contributed by atoms with Crippen molar-refractivity contribution in [3.8, 4) is 0 Å². The molecular weight excluding hydrogens is 290 g/mol. The molecule has 1 aliphatic carbocycles. The monoisotopic (exact) mass is 313 g/mol. The fourth-order valence-electron chi connectivity index (χ4n) is 2.88. The third-order valence-corrected chi connectivity index (χ3v) is 5.41. The second kappa shape index (κ2) is 6.64. The van der Waals surface area contributed by atoms with Crippen LogP contribution in [0.1, 0.15) is 25.7 Å². The van der Waals surface area contributed by atoms with Gasteiger partial charge in [0.2, 0.25) is 10.0 Å². The minimum absolute atomic E-state index is 0.0128. The molecule has 0 atom stereocenters. The second-order valence-corrected chi connectivity index (χ2v) is 7.17. The molecule has 7 heteroatoms. The highest BCUT2D eigenvalue weighted by Crippen LogP contribution is 2.33. The SMILES string of the molecule is CNS(=O)(=O)c1ccc(N)c(N(CCO)C2CCCC2)c1. The number of nitrogens with zero attached hydrogens (tertiary/aromatic N) is 1. The summed E-state index contributed by atoms with van der Waals surface area (Å²) in [6.07, 6.45) is 4.40. The summed E-state index contributed by atoms with van der Waals surface area (Å²) < 4.78 is 26.2. The summed E-state index contributed by atoms with van der Waals surface area (Å²) in [6, 6.07) is 5.01. The standard InChI is InChI=1S/C14H23N3O3S/c1-16-21(19,20)12-6-7-13(15)14(10-12)17(8-9-18)11-4-2-3-5-11/h6-7,10-11,16,18H,2-5,8-9,15H2,1H3. The number of nitrogens with one attached hydrogen (secondary N) is 1. The van der Waals surface area contributed by atoms with Gasteiger partial charge in [-0.05, 0) is 38.1 Å². The van der Waals surface area contributed by atoms with Crippen LogP contribution in [0, 0.1) is 0 Å². The van der Waals surface area contributed by atoms with E-state index in [2.05, 4.69) is 4.72 Å². The largest absolute Gasteiger partial charge is 0.397 e. The molecule has 0 unspecified atom stereocenters. The lowest BCUT2D eigenvalue weighted by Crippen LogP contribution is -2.36. The average molecular weight is 313 g/mol. The number of aliphatic hydroxyl groups is 1. The van der Waals surface area contributed by atoms with Gasteiger partial charge in [0.05, 0.1) is 22.9 Å². The summed E-state index contributed by atoms with van der Waals surface area (Å²) in [6.45, 7) is 0.469. The number of rotatable bonds is 6. The molecule has 0 radical (unpaired) electrons. The Hall–Kier alpha value is -1.31. The molecule has 4 N–H and O–H groups in total. The Kier molecular flexibility index (Phi) is 5.08. The Morgan fingerprint density at radius 3 is 2.62 bits per heavy atom. The van der Waals surface area contributed by atoms with Gasteiger partial charge in [-0.3, -0.25) is 0 Å². The van der Waals surface area contributed by atoms with Gasteiger partial charge in [-0.2, -0.15) is 0 Å². The minimum Gasteiger partial charge on any atom is -0.397 e. The summed E-state index contributed by atoms with van der Waals surface area (Å²) in [4.78, 5) is 2.23. The van der Waals surface area contributed by atoms with Crippen molar-refractivity contribution in [3.63, 3.8) is 0 Å². The first kappa shape index (κ1) is 16.1. The van der Waals surface area contributed by atoms with Crippen LogP contribution >= 0.6 is 0 Å². The zero-order chi connectivity index (χ0) is 15.5. The molecule has 1 saturated carbocycles. The minimum atomic E-state index is -3.50. The predicted octanol–water partition coefficient (Wildman–Crippen LogP) is 0.918. The van der Waals surface area contributed by atoms with Crippen molar-refractivity contribution in [1.29, 1.82) is 0 Å². The number of hydrogen-bond acceptors (Lipinski definition) is 5. The normalized spacial score (nSPS) is 16.3. The Morgan fingerprint density at radius 2 is 2.05 bits per heavy atom. The summed E-state index contributed by atoms with van der Waals surface area (Å²) in [7, 11) is -2.12. The van der Waals surface area contributed by atoms with E-state index < -0.39 is 10.0 Å². The molecule has 0 amide bonds. The molecule has 6 nitrogen and oxygen atoms in total. The van der Waals surface area contributed by atoms with E-state index in [9.17, 15) is 13.5 Å². The van der Waals surface area contributed by atoms with E-state index in [0.29, 0.717) is 24.0 Å². The third kappa shape index (κ3) is 3.48. The second-order valence-electron chi connectivity index (χ2n) is 5.28. The Morgan fingerprint density at radius 1 is 1.38 bits per heavy atom. The molecule has 2 rings (SSSR count). The van der Waals surface area contributed by atoms with Crippen molar-refractivity contribution in [2.75, 3.05) is 30.8 Å². The molecule has 1 aliphatic rings. The van der Waals surface area contributed by atoms with Crippen LogP contribution in [0.5, 0.6) is 0 Å². The molecule has 1 aromatic carbocycles. The number of anilines is 2. The fraction of sp³-hybridized carbons (Fsp3) is 0.571. The van der Waals surface area contributed by atoms with Gasteiger partial charge >= 0.3 is 0 Å². The van der Waals surface area contributed by atoms with Crippen molar-refractivity contribution in [2.45, 2.75) is 36.6 Å². The molecule has 1 fully saturated rings. The van der Waals surface area contributed by atoms with E-state index in [0.717, 1.165) is 25.7 Å². The maximum Gasteiger partial charge on any atom is 0.240 e. The summed E-state index contributed by atoms with van der Waals surface area (Å²) in [5.41, 5.74) is 7.25. The van der Waals surface area contributed by atoms with E-state index in [1.807, 2.05) is 4.90 Å². The van der Waals surface area contributed by atoms with Crippen LogP contribution in [0.3, 0.4) is 0 Å². The molecule has 0 bridgehead atoms. The van der Waals surface area contributed by atoms with E-state index in [1.54, 1.807) is 12.1 Å². The molecule has 0 saturated heterocycles. The van der Waals surface area contributed by atoms with Gasteiger partial charge in [0.15, 0.2) is 0 Å². The number of nitrogen functional groups attached to an aromatic ring is 1. The number of nitrogens with two attached hydrogens (primary N) is 1. The zero-order valence-electron chi connectivity index (χ0n) is 12.2. The van der Waals surface area contributed by atoms with Gasteiger partial charge in [-0.1, -0.05) is 12.8 Å². The Balaban J connectivity index is 2.41. The third-order valence-electron chi connectivity index (χ3n) is 4.00. The maximum absolute atomic E-state index is 11.9. The quantitative estimate of drug-likeness (QED) is 0.679. The van der Waals surface area contributed by atoms with Gasteiger partial charge in [0, 0.05) is 12.6 Å². The number of benzene rings is 1. The van der Waals surface area contributed by atoms with Gasteiger partial charge in [0.1, 0.15) is 0 Å². The summed E-state index contributed by atoms with van der Waals surface area (Å²) in [5, 5.41) is 9.31. The van der Waals surface area contributed by atoms with Gasteiger partial charge in [-0.15, -0.1) is 0 Å². The van der Waals surface area contributed by atoms with Crippen LogP contribution in [0.4, 0.5) is 11.4 Å². The molecule has 21 heavy (non-hydrogen) atoms. The van der Waals surface area contributed by atoms with Gasteiger partial charge < -0.3 is 15.7 Å². The molecule has 0 heterocycles. The average Bonchev–Trinajstić information content (AvgIpc) is 2.99. The Bertz CT molecular complexity index is 583. The van der Waals surface area contributed by atoms with E-state index in [1.165, 1.54) is 13.1 Å². The van der Waals surface area contributed by atoms with Crippen LogP contribution in [0.15, 0.2) is 23.1 Å². The molecular formula is C14H23N3O3S. The molecule has 118 valence electrons. The van der Waals surface area contributed by atoms with Crippen LogP contribution in [0.2, 0.25) is 0 Å². The highest BCUT2D eigenvalue weighted by atomic mass is 32.2. The zero-order valence-corrected chi connectivity index (χ0v) is 13.1. The van der Waals surface area contributed by atoms with E-state index in [-0.39, 0.29) is 11.5 Å². The van der Waals surface area contributed by atoms with Crippen molar-refractivity contribution in [2.24, 2.45) is 0 Å². The van der Waals surface area contributed by atoms with Crippen LogP contribution in [0.25, 0.3) is 0 Å². The fourth-order valence-corrected chi connectivity index (χ4v) is 3.63. The molecule has 0 spiro atoms. The number of sulfonamides is 1. The lowest BCUT2D eigenvalue weighted by atomic mass is 10.1. The molecule has 0 aromatic heterocycles. The van der Waals surface area contributed by atoms with E-state index in [4.69, 9.17) is 5.73 Å². The van der Waals surface area contributed by atoms with Crippen LogP contribution in [-0.2, 0) is 10.0 Å². The highest BCUT2D eigenvalue weighted by Gasteiger charge is 2.25. The van der Waals surface area contributed by atoms with Crippen LogP contribution < -0.4 is 15.4 Å². The number of hydrogen-bond donors (Lipinski definition) is 3. The first-order valence-corrected chi connectivity index (χ1v) is 8.68. The molecule has 1 aromatic rings. The van der Waals surface area contributed by atoms with E-state index >= 15 is 0 Å². The lowest BCUT2D eigenvalue weighted by Gasteiger charge is -2.32. The molecule has 0 aliphatic heterocycles. The smallest absolute Gasteiger partial charge is 0.240 e. The van der Waals surface area contributed by atoms with Gasteiger partial charge in [0.25, 0.3) is 0 Å². The lowest BCUT2D eigenvalue weighted by molar-refractivity contribution is 0.297.